The Hall–Kier alpha value is -2.52. The van der Waals surface area contributed by atoms with Crippen LogP contribution in [-0.4, -0.2) is 32.4 Å². The van der Waals surface area contributed by atoms with Crippen molar-refractivity contribution in [2.24, 2.45) is 0 Å². The first kappa shape index (κ1) is 19.2. The first-order chi connectivity index (χ1) is 12.9. The topological polar surface area (TPSA) is 82.5 Å². The van der Waals surface area contributed by atoms with Gasteiger partial charge >= 0.3 is 0 Å². The summed E-state index contributed by atoms with van der Waals surface area (Å²) in [5.41, 5.74) is 1.44. The number of benzene rings is 2. The zero-order valence-electron chi connectivity index (χ0n) is 14.7. The zero-order chi connectivity index (χ0) is 19.4. The minimum absolute atomic E-state index is 0.0379. The zero-order valence-corrected chi connectivity index (χ0v) is 17.1. The van der Waals surface area contributed by atoms with E-state index in [0.717, 1.165) is 5.56 Å². The Morgan fingerprint density at radius 3 is 2.44 bits per heavy atom. The Bertz CT molecular complexity index is 1040. The first-order valence-corrected chi connectivity index (χ1v) is 10.2. The van der Waals surface area contributed by atoms with Crippen molar-refractivity contribution in [3.8, 4) is 11.5 Å². The number of hydrogen-bond acceptors (Lipinski definition) is 5. The number of halogens is 1. The summed E-state index contributed by atoms with van der Waals surface area (Å²) in [6.45, 7) is 0.544. The molecule has 3 aromatic rings. The van der Waals surface area contributed by atoms with Gasteiger partial charge in [0.1, 0.15) is 4.90 Å². The van der Waals surface area contributed by atoms with Crippen molar-refractivity contribution in [1.82, 2.24) is 9.78 Å². The van der Waals surface area contributed by atoms with Gasteiger partial charge in [0.2, 0.25) is 0 Å². The van der Waals surface area contributed by atoms with Crippen LogP contribution >= 0.6 is 15.9 Å². The lowest BCUT2D eigenvalue weighted by Gasteiger charge is -2.12. The van der Waals surface area contributed by atoms with E-state index in [4.69, 9.17) is 9.47 Å². The van der Waals surface area contributed by atoms with Crippen LogP contribution in [0.4, 0.5) is 5.69 Å². The third kappa shape index (κ3) is 4.42. The molecule has 0 amide bonds. The van der Waals surface area contributed by atoms with Crippen molar-refractivity contribution >= 4 is 31.6 Å². The molecule has 0 saturated heterocycles. The van der Waals surface area contributed by atoms with Gasteiger partial charge in [0.25, 0.3) is 10.0 Å². The highest BCUT2D eigenvalue weighted by Crippen LogP contribution is 2.36. The molecule has 0 unspecified atom stereocenters. The maximum atomic E-state index is 12.8. The Morgan fingerprint density at radius 1 is 1.11 bits per heavy atom. The van der Waals surface area contributed by atoms with Crippen molar-refractivity contribution in [1.29, 1.82) is 0 Å². The molecule has 0 saturated carbocycles. The predicted octanol–water partition coefficient (Wildman–Crippen LogP) is 3.51. The molecule has 27 heavy (non-hydrogen) atoms. The molecule has 2 aromatic carbocycles. The lowest BCUT2D eigenvalue weighted by Crippen LogP contribution is -2.13. The first-order valence-electron chi connectivity index (χ1n) is 7.93. The summed E-state index contributed by atoms with van der Waals surface area (Å²) in [6.07, 6.45) is 3.11. The minimum atomic E-state index is -3.85. The fourth-order valence-electron chi connectivity index (χ4n) is 2.52. The summed E-state index contributed by atoms with van der Waals surface area (Å²) in [4.78, 5) is 0.0379. The number of methoxy groups -OCH3 is 2. The van der Waals surface area contributed by atoms with E-state index < -0.39 is 10.0 Å². The molecule has 0 radical (unpaired) electrons. The second-order valence-electron chi connectivity index (χ2n) is 5.66. The molecule has 9 heteroatoms. The molecule has 1 heterocycles. The number of anilines is 1. The van der Waals surface area contributed by atoms with Gasteiger partial charge in [0, 0.05) is 16.7 Å². The number of ether oxygens (including phenoxy) is 2. The minimum Gasteiger partial charge on any atom is -0.493 e. The molecular formula is C18H18BrN3O4S. The van der Waals surface area contributed by atoms with Crippen LogP contribution in [0.1, 0.15) is 5.56 Å². The highest BCUT2D eigenvalue weighted by atomic mass is 79.9. The van der Waals surface area contributed by atoms with E-state index in [1.807, 2.05) is 30.3 Å². The van der Waals surface area contributed by atoms with Gasteiger partial charge in [-0.3, -0.25) is 9.40 Å². The molecule has 0 bridgehead atoms. The molecule has 7 nitrogen and oxygen atoms in total. The highest BCUT2D eigenvalue weighted by Gasteiger charge is 2.22. The summed E-state index contributed by atoms with van der Waals surface area (Å²) in [6, 6.07) is 12.7. The molecule has 142 valence electrons. The van der Waals surface area contributed by atoms with Crippen LogP contribution in [0.15, 0.2) is 64.2 Å². The second-order valence-corrected chi connectivity index (χ2v) is 8.16. The normalized spacial score (nSPS) is 11.2. The third-order valence-corrected chi connectivity index (χ3v) is 6.14. The Labute approximate surface area is 166 Å². The number of sulfonamides is 1. The van der Waals surface area contributed by atoms with Crippen molar-refractivity contribution in [3.63, 3.8) is 0 Å². The Balaban J connectivity index is 1.83. The largest absolute Gasteiger partial charge is 0.493 e. The highest BCUT2D eigenvalue weighted by molar-refractivity contribution is 9.10. The summed E-state index contributed by atoms with van der Waals surface area (Å²) >= 11 is 3.27. The van der Waals surface area contributed by atoms with Gasteiger partial charge in [-0.2, -0.15) is 5.10 Å². The number of aromatic nitrogens is 2. The molecular weight excluding hydrogens is 434 g/mol. The molecule has 0 fully saturated rings. The van der Waals surface area contributed by atoms with Gasteiger partial charge in [-0.25, -0.2) is 8.42 Å². The quantitative estimate of drug-likeness (QED) is 0.594. The van der Waals surface area contributed by atoms with Gasteiger partial charge in [-0.05, 0) is 27.6 Å². The standard InChI is InChI=1S/C18H18BrN3O4S/c1-25-16-8-15(19)18(9-17(16)26-2)27(23,24)21-14-10-20-22(12-14)11-13-6-4-3-5-7-13/h3-10,12,21H,11H2,1-2H3. The smallest absolute Gasteiger partial charge is 0.263 e. The molecule has 0 aliphatic rings. The summed E-state index contributed by atoms with van der Waals surface area (Å²) in [5.74, 6) is 0.750. The molecule has 0 aliphatic heterocycles. The van der Waals surface area contributed by atoms with Crippen LogP contribution in [0, 0.1) is 0 Å². The predicted molar refractivity (Wildman–Crippen MR) is 106 cm³/mol. The number of hydrogen-bond donors (Lipinski definition) is 1. The average molecular weight is 452 g/mol. The summed E-state index contributed by atoms with van der Waals surface area (Å²) in [5, 5.41) is 4.21. The molecule has 0 atom stereocenters. The molecule has 1 aromatic heterocycles. The van der Waals surface area contributed by atoms with Gasteiger partial charge in [-0.15, -0.1) is 0 Å². The molecule has 0 aliphatic carbocycles. The van der Waals surface area contributed by atoms with E-state index in [1.54, 1.807) is 16.9 Å². The third-order valence-electron chi connectivity index (χ3n) is 3.80. The lowest BCUT2D eigenvalue weighted by atomic mass is 10.2. The number of nitrogens with zero attached hydrogens (tertiary/aromatic N) is 2. The van der Waals surface area contributed by atoms with E-state index in [1.165, 1.54) is 26.5 Å². The summed E-state index contributed by atoms with van der Waals surface area (Å²) < 4.78 is 40.5. The van der Waals surface area contributed by atoms with Crippen molar-refractivity contribution in [2.45, 2.75) is 11.4 Å². The van der Waals surface area contributed by atoms with Crippen LogP contribution < -0.4 is 14.2 Å². The van der Waals surface area contributed by atoms with Crippen LogP contribution in [-0.2, 0) is 16.6 Å². The SMILES string of the molecule is COc1cc(Br)c(S(=O)(=O)Nc2cnn(Cc3ccccc3)c2)cc1OC. The van der Waals surface area contributed by atoms with Gasteiger partial charge in [0.05, 0.1) is 32.6 Å². The second kappa shape index (κ2) is 8.01. The van der Waals surface area contributed by atoms with Crippen LogP contribution in [0.2, 0.25) is 0 Å². The Kier molecular flexibility index (Phi) is 5.71. The van der Waals surface area contributed by atoms with Gasteiger partial charge in [-0.1, -0.05) is 30.3 Å². The van der Waals surface area contributed by atoms with E-state index in [0.29, 0.717) is 28.2 Å². The van der Waals surface area contributed by atoms with Crippen molar-refractivity contribution in [2.75, 3.05) is 18.9 Å². The van der Waals surface area contributed by atoms with Crippen LogP contribution in [0.5, 0.6) is 11.5 Å². The van der Waals surface area contributed by atoms with Gasteiger partial charge in [0.15, 0.2) is 11.5 Å². The maximum absolute atomic E-state index is 12.8. The van der Waals surface area contributed by atoms with Crippen LogP contribution in [0.3, 0.4) is 0 Å². The number of rotatable bonds is 7. The van der Waals surface area contributed by atoms with E-state index in [2.05, 4.69) is 25.8 Å². The van der Waals surface area contributed by atoms with E-state index in [-0.39, 0.29) is 4.90 Å². The van der Waals surface area contributed by atoms with Crippen molar-refractivity contribution < 1.29 is 17.9 Å². The molecule has 3 rings (SSSR count). The summed E-state index contributed by atoms with van der Waals surface area (Å²) in [7, 11) is -0.915. The van der Waals surface area contributed by atoms with Crippen molar-refractivity contribution in [3.05, 3.63) is 64.9 Å². The fourth-order valence-corrected chi connectivity index (χ4v) is 4.59. The lowest BCUT2D eigenvalue weighted by molar-refractivity contribution is 0.353. The van der Waals surface area contributed by atoms with Crippen LogP contribution in [0.25, 0.3) is 0 Å². The van der Waals surface area contributed by atoms with Gasteiger partial charge < -0.3 is 9.47 Å². The van der Waals surface area contributed by atoms with E-state index in [9.17, 15) is 8.42 Å². The average Bonchev–Trinajstić information content (AvgIpc) is 3.08. The Morgan fingerprint density at radius 2 is 1.78 bits per heavy atom. The van der Waals surface area contributed by atoms with E-state index >= 15 is 0 Å². The number of nitrogens with one attached hydrogen (secondary N) is 1. The monoisotopic (exact) mass is 451 g/mol. The maximum Gasteiger partial charge on any atom is 0.263 e. The molecule has 1 N–H and O–H groups in total. The molecule has 0 spiro atoms. The fraction of sp³-hybridized carbons (Fsp3) is 0.167.